The summed E-state index contributed by atoms with van der Waals surface area (Å²) >= 11 is 3.74. The predicted molar refractivity (Wildman–Crippen MR) is 58.7 cm³/mol. The third-order valence-electron chi connectivity index (χ3n) is 3.32. The SMILES string of the molecule is CC(C)C1CCCCC1C(C)Br. The molecule has 0 aromatic carbocycles. The van der Waals surface area contributed by atoms with Gasteiger partial charge < -0.3 is 0 Å². The van der Waals surface area contributed by atoms with Crippen LogP contribution in [0.1, 0.15) is 46.5 Å². The van der Waals surface area contributed by atoms with Crippen LogP contribution in [0.3, 0.4) is 0 Å². The fourth-order valence-corrected chi connectivity index (χ4v) is 3.24. The summed E-state index contributed by atoms with van der Waals surface area (Å²) in [6.07, 6.45) is 5.80. The Morgan fingerprint density at radius 2 is 1.50 bits per heavy atom. The van der Waals surface area contributed by atoms with E-state index in [0.29, 0.717) is 4.83 Å². The molecular formula is C11H21Br. The highest BCUT2D eigenvalue weighted by Crippen LogP contribution is 2.38. The van der Waals surface area contributed by atoms with Crippen LogP contribution in [0, 0.1) is 17.8 Å². The number of alkyl halides is 1. The first-order valence-electron chi connectivity index (χ1n) is 5.27. The van der Waals surface area contributed by atoms with Crippen molar-refractivity contribution in [2.75, 3.05) is 0 Å². The average molecular weight is 233 g/mol. The maximum Gasteiger partial charge on any atom is 0.0148 e. The Kier molecular flexibility index (Phi) is 4.09. The molecule has 0 radical (unpaired) electrons. The van der Waals surface area contributed by atoms with Crippen LogP contribution in [-0.2, 0) is 0 Å². The fourth-order valence-electron chi connectivity index (χ4n) is 2.59. The Labute approximate surface area is 85.3 Å². The fraction of sp³-hybridized carbons (Fsp3) is 1.00. The lowest BCUT2D eigenvalue weighted by Crippen LogP contribution is -2.29. The first kappa shape index (κ1) is 10.6. The second-order valence-corrected chi connectivity index (χ2v) is 5.98. The Morgan fingerprint density at radius 3 is 1.83 bits per heavy atom. The van der Waals surface area contributed by atoms with Crippen molar-refractivity contribution in [1.82, 2.24) is 0 Å². The van der Waals surface area contributed by atoms with E-state index in [1.165, 1.54) is 25.7 Å². The molecule has 0 amide bonds. The monoisotopic (exact) mass is 232 g/mol. The van der Waals surface area contributed by atoms with E-state index in [2.05, 4.69) is 36.7 Å². The molecule has 0 aromatic rings. The molecule has 3 atom stereocenters. The van der Waals surface area contributed by atoms with Crippen molar-refractivity contribution in [3.05, 3.63) is 0 Å². The van der Waals surface area contributed by atoms with Gasteiger partial charge in [0.15, 0.2) is 0 Å². The lowest BCUT2D eigenvalue weighted by molar-refractivity contribution is 0.182. The van der Waals surface area contributed by atoms with E-state index >= 15 is 0 Å². The van der Waals surface area contributed by atoms with Crippen LogP contribution in [0.5, 0.6) is 0 Å². The summed E-state index contributed by atoms with van der Waals surface area (Å²) in [5.41, 5.74) is 0. The molecule has 3 unspecified atom stereocenters. The van der Waals surface area contributed by atoms with Crippen molar-refractivity contribution in [3.63, 3.8) is 0 Å². The Hall–Kier alpha value is 0.480. The highest BCUT2D eigenvalue weighted by atomic mass is 79.9. The van der Waals surface area contributed by atoms with E-state index in [0.717, 1.165) is 17.8 Å². The minimum atomic E-state index is 0.713. The van der Waals surface area contributed by atoms with Crippen molar-refractivity contribution in [2.45, 2.75) is 51.3 Å². The maximum atomic E-state index is 3.74. The molecule has 0 nitrogen and oxygen atoms in total. The van der Waals surface area contributed by atoms with Gasteiger partial charge in [-0.3, -0.25) is 0 Å². The molecular weight excluding hydrogens is 212 g/mol. The van der Waals surface area contributed by atoms with E-state index in [1.807, 2.05) is 0 Å². The van der Waals surface area contributed by atoms with Crippen LogP contribution in [0.2, 0.25) is 0 Å². The van der Waals surface area contributed by atoms with Gasteiger partial charge in [-0.15, -0.1) is 0 Å². The molecule has 0 bridgehead atoms. The Bertz CT molecular complexity index is 113. The summed E-state index contributed by atoms with van der Waals surface area (Å²) < 4.78 is 0. The molecule has 1 heteroatoms. The highest BCUT2D eigenvalue weighted by molar-refractivity contribution is 9.09. The summed E-state index contributed by atoms with van der Waals surface area (Å²) in [5, 5.41) is 0. The second-order valence-electron chi connectivity index (χ2n) is 4.53. The molecule has 0 aliphatic heterocycles. The van der Waals surface area contributed by atoms with Crippen LogP contribution < -0.4 is 0 Å². The molecule has 72 valence electrons. The van der Waals surface area contributed by atoms with Gasteiger partial charge in [-0.1, -0.05) is 49.5 Å². The molecule has 0 saturated heterocycles. The van der Waals surface area contributed by atoms with Crippen molar-refractivity contribution in [1.29, 1.82) is 0 Å². The number of hydrogen-bond donors (Lipinski definition) is 0. The van der Waals surface area contributed by atoms with Gasteiger partial charge in [0.25, 0.3) is 0 Å². The van der Waals surface area contributed by atoms with Gasteiger partial charge in [0.05, 0.1) is 0 Å². The third kappa shape index (κ3) is 2.48. The molecule has 0 N–H and O–H groups in total. The van der Waals surface area contributed by atoms with Crippen LogP contribution in [0.25, 0.3) is 0 Å². The van der Waals surface area contributed by atoms with Crippen LogP contribution in [-0.4, -0.2) is 4.83 Å². The summed E-state index contributed by atoms with van der Waals surface area (Å²) in [6.45, 7) is 7.06. The Balaban J connectivity index is 2.54. The molecule has 1 fully saturated rings. The van der Waals surface area contributed by atoms with Crippen LogP contribution in [0.15, 0.2) is 0 Å². The molecule has 1 rings (SSSR count). The minimum Gasteiger partial charge on any atom is -0.0891 e. The molecule has 1 aliphatic rings. The van der Waals surface area contributed by atoms with E-state index in [-0.39, 0.29) is 0 Å². The maximum absolute atomic E-state index is 3.74. The smallest absolute Gasteiger partial charge is 0.0148 e. The summed E-state index contributed by atoms with van der Waals surface area (Å²) in [5.74, 6) is 2.77. The van der Waals surface area contributed by atoms with Gasteiger partial charge in [0, 0.05) is 4.83 Å². The van der Waals surface area contributed by atoms with Gasteiger partial charge in [-0.05, 0) is 30.6 Å². The zero-order chi connectivity index (χ0) is 9.14. The number of rotatable bonds is 2. The molecule has 1 aliphatic carbocycles. The Morgan fingerprint density at radius 1 is 1.00 bits per heavy atom. The lowest BCUT2D eigenvalue weighted by atomic mass is 9.72. The lowest BCUT2D eigenvalue weighted by Gasteiger charge is -2.36. The molecule has 0 spiro atoms. The van der Waals surface area contributed by atoms with E-state index in [9.17, 15) is 0 Å². The van der Waals surface area contributed by atoms with E-state index in [1.54, 1.807) is 0 Å². The zero-order valence-corrected chi connectivity index (χ0v) is 10.1. The van der Waals surface area contributed by atoms with Gasteiger partial charge in [0.1, 0.15) is 0 Å². The number of hydrogen-bond acceptors (Lipinski definition) is 0. The van der Waals surface area contributed by atoms with Crippen molar-refractivity contribution in [3.8, 4) is 0 Å². The molecule has 0 heterocycles. The van der Waals surface area contributed by atoms with E-state index in [4.69, 9.17) is 0 Å². The first-order valence-corrected chi connectivity index (χ1v) is 6.18. The predicted octanol–water partition coefficient (Wildman–Crippen LogP) is 4.23. The average Bonchev–Trinajstić information content (AvgIpc) is 2.04. The highest BCUT2D eigenvalue weighted by Gasteiger charge is 2.29. The van der Waals surface area contributed by atoms with Gasteiger partial charge >= 0.3 is 0 Å². The molecule has 1 saturated carbocycles. The van der Waals surface area contributed by atoms with Gasteiger partial charge in [-0.2, -0.15) is 0 Å². The normalized spacial score (nSPS) is 33.8. The second kappa shape index (κ2) is 4.64. The topological polar surface area (TPSA) is 0 Å². The van der Waals surface area contributed by atoms with Gasteiger partial charge in [-0.25, -0.2) is 0 Å². The largest absolute Gasteiger partial charge is 0.0891 e. The van der Waals surface area contributed by atoms with Crippen molar-refractivity contribution < 1.29 is 0 Å². The van der Waals surface area contributed by atoms with Crippen molar-refractivity contribution >= 4 is 15.9 Å². The third-order valence-corrected chi connectivity index (χ3v) is 4.00. The van der Waals surface area contributed by atoms with Crippen LogP contribution in [0.4, 0.5) is 0 Å². The summed E-state index contributed by atoms with van der Waals surface area (Å²) in [7, 11) is 0. The molecule has 12 heavy (non-hydrogen) atoms. The van der Waals surface area contributed by atoms with E-state index < -0.39 is 0 Å². The number of halogens is 1. The zero-order valence-electron chi connectivity index (χ0n) is 8.52. The van der Waals surface area contributed by atoms with Crippen molar-refractivity contribution in [2.24, 2.45) is 17.8 Å². The quantitative estimate of drug-likeness (QED) is 0.626. The molecule has 0 aromatic heterocycles. The summed E-state index contributed by atoms with van der Waals surface area (Å²) in [4.78, 5) is 0.713. The summed E-state index contributed by atoms with van der Waals surface area (Å²) in [6, 6.07) is 0. The van der Waals surface area contributed by atoms with Crippen LogP contribution >= 0.6 is 15.9 Å². The first-order chi connectivity index (χ1) is 5.63. The minimum absolute atomic E-state index is 0.713. The standard InChI is InChI=1S/C11H21Br/c1-8(2)10-6-4-5-7-11(10)9(3)12/h8-11H,4-7H2,1-3H3. The van der Waals surface area contributed by atoms with Gasteiger partial charge in [0.2, 0.25) is 0 Å².